The number of H-pyrrole nitrogens is 1. The van der Waals surface area contributed by atoms with Crippen molar-refractivity contribution in [3.8, 4) is 11.4 Å². The van der Waals surface area contributed by atoms with E-state index in [0.717, 1.165) is 27.7 Å². The minimum atomic E-state index is -0.402. The molecule has 9 heteroatoms. The van der Waals surface area contributed by atoms with Crippen molar-refractivity contribution in [2.24, 2.45) is 0 Å². The Bertz CT molecular complexity index is 1130. The molecule has 4 aromatic rings. The number of carbonyl (C=O) groups excluding carboxylic acids is 1. The fourth-order valence-electron chi connectivity index (χ4n) is 2.86. The van der Waals surface area contributed by atoms with Gasteiger partial charge in [-0.1, -0.05) is 11.6 Å². The largest absolute Gasteiger partial charge is 0.465 e. The van der Waals surface area contributed by atoms with Crippen LogP contribution in [0.15, 0.2) is 42.7 Å². The molecular weight excluding hydrogens is 368 g/mol. The molecule has 1 N–H and O–H groups in total. The minimum Gasteiger partial charge on any atom is -0.465 e. The van der Waals surface area contributed by atoms with Gasteiger partial charge in [0.1, 0.15) is 0 Å². The van der Waals surface area contributed by atoms with Gasteiger partial charge >= 0.3 is 5.97 Å². The second-order valence-electron chi connectivity index (χ2n) is 5.81. The topological polar surface area (TPSA) is 107 Å². The number of nitrogens with zero attached hydrogens (tertiary/aromatic N) is 5. The lowest BCUT2D eigenvalue weighted by molar-refractivity contribution is 0.0600. The van der Waals surface area contributed by atoms with Crippen LogP contribution in [0.5, 0.6) is 0 Å². The molecule has 4 rings (SSSR count). The maximum absolute atomic E-state index is 11.7. The predicted molar refractivity (Wildman–Crippen MR) is 98.3 cm³/mol. The lowest BCUT2D eigenvalue weighted by atomic mass is 10.0. The van der Waals surface area contributed by atoms with E-state index in [-0.39, 0.29) is 0 Å². The number of hydrogen-bond acceptors (Lipinski definition) is 7. The van der Waals surface area contributed by atoms with Gasteiger partial charge in [0.05, 0.1) is 23.2 Å². The average molecular weight is 381 g/mol. The summed E-state index contributed by atoms with van der Waals surface area (Å²) < 4.78 is 4.76. The molecule has 0 spiro atoms. The standard InChI is InChI=1S/C18H13ClN6O2/c1-27-18(26)11-2-3-20-14(8-11)5-10-4-12-7-13(19)9-21-16(12)15(6-10)17-22-24-25-23-17/h2-4,6-9H,5H2,1H3,(H,22,23,24,25). The molecule has 0 bridgehead atoms. The van der Waals surface area contributed by atoms with Crippen LogP contribution < -0.4 is 0 Å². The quantitative estimate of drug-likeness (QED) is 0.542. The van der Waals surface area contributed by atoms with Gasteiger partial charge in [0.25, 0.3) is 0 Å². The molecule has 3 heterocycles. The zero-order valence-corrected chi connectivity index (χ0v) is 14.9. The summed E-state index contributed by atoms with van der Waals surface area (Å²) in [6.07, 6.45) is 3.66. The van der Waals surface area contributed by atoms with E-state index in [9.17, 15) is 4.79 Å². The zero-order valence-electron chi connectivity index (χ0n) is 14.2. The monoisotopic (exact) mass is 380 g/mol. The van der Waals surface area contributed by atoms with Gasteiger partial charge in [-0.15, -0.1) is 10.2 Å². The summed E-state index contributed by atoms with van der Waals surface area (Å²) in [7, 11) is 1.35. The highest BCUT2D eigenvalue weighted by molar-refractivity contribution is 6.31. The van der Waals surface area contributed by atoms with Crippen LogP contribution in [-0.4, -0.2) is 43.7 Å². The number of aromatic amines is 1. The van der Waals surface area contributed by atoms with Crippen LogP contribution in [-0.2, 0) is 11.2 Å². The third-order valence-corrected chi connectivity index (χ3v) is 4.23. The number of halogens is 1. The van der Waals surface area contributed by atoms with E-state index in [1.54, 1.807) is 24.5 Å². The fraction of sp³-hybridized carbons (Fsp3) is 0.111. The minimum absolute atomic E-state index is 0.402. The van der Waals surface area contributed by atoms with E-state index in [4.69, 9.17) is 16.3 Å². The fourth-order valence-corrected chi connectivity index (χ4v) is 3.03. The highest BCUT2D eigenvalue weighted by atomic mass is 35.5. The van der Waals surface area contributed by atoms with Crippen molar-refractivity contribution >= 4 is 28.5 Å². The number of esters is 1. The van der Waals surface area contributed by atoms with E-state index in [2.05, 4.69) is 30.6 Å². The number of aromatic nitrogens is 6. The summed E-state index contributed by atoms with van der Waals surface area (Å²) >= 11 is 6.10. The van der Waals surface area contributed by atoms with E-state index >= 15 is 0 Å². The van der Waals surface area contributed by atoms with Crippen molar-refractivity contribution in [3.05, 3.63) is 64.6 Å². The van der Waals surface area contributed by atoms with Crippen molar-refractivity contribution in [3.63, 3.8) is 0 Å². The first kappa shape index (κ1) is 17.0. The van der Waals surface area contributed by atoms with Crippen LogP contribution in [0.4, 0.5) is 0 Å². The Morgan fingerprint density at radius 3 is 2.89 bits per heavy atom. The molecule has 0 saturated carbocycles. The van der Waals surface area contributed by atoms with Crippen LogP contribution in [0.1, 0.15) is 21.6 Å². The molecule has 3 aromatic heterocycles. The number of ether oxygens (including phenoxy) is 1. The lowest BCUT2D eigenvalue weighted by Crippen LogP contribution is -2.03. The Morgan fingerprint density at radius 2 is 2.11 bits per heavy atom. The van der Waals surface area contributed by atoms with Gasteiger partial charge in [-0.05, 0) is 41.1 Å². The van der Waals surface area contributed by atoms with Crippen LogP contribution in [0.2, 0.25) is 5.02 Å². The molecule has 0 aliphatic carbocycles. The normalized spacial score (nSPS) is 10.9. The van der Waals surface area contributed by atoms with E-state index < -0.39 is 5.97 Å². The van der Waals surface area contributed by atoms with Gasteiger partial charge in [0.2, 0.25) is 5.82 Å². The van der Waals surface area contributed by atoms with Gasteiger partial charge in [-0.3, -0.25) is 9.97 Å². The SMILES string of the molecule is COC(=O)c1ccnc(Cc2cc(-c3nn[nH]n3)c3ncc(Cl)cc3c2)c1. The molecule has 27 heavy (non-hydrogen) atoms. The van der Waals surface area contributed by atoms with Crippen molar-refractivity contribution in [1.82, 2.24) is 30.6 Å². The van der Waals surface area contributed by atoms with Crippen molar-refractivity contribution in [1.29, 1.82) is 0 Å². The lowest BCUT2D eigenvalue weighted by Gasteiger charge is -2.08. The van der Waals surface area contributed by atoms with Crippen LogP contribution in [0, 0.1) is 0 Å². The summed E-state index contributed by atoms with van der Waals surface area (Å²) in [5.41, 5.74) is 3.58. The Hall–Kier alpha value is -3.39. The Morgan fingerprint density at radius 1 is 1.22 bits per heavy atom. The number of tetrazole rings is 1. The number of fused-ring (bicyclic) bond motifs is 1. The number of methoxy groups -OCH3 is 1. The van der Waals surface area contributed by atoms with E-state index in [1.165, 1.54) is 7.11 Å². The van der Waals surface area contributed by atoms with Gasteiger partial charge < -0.3 is 4.74 Å². The smallest absolute Gasteiger partial charge is 0.337 e. The van der Waals surface area contributed by atoms with Crippen LogP contribution in [0.25, 0.3) is 22.3 Å². The molecule has 0 saturated heterocycles. The molecule has 0 fully saturated rings. The molecule has 134 valence electrons. The third kappa shape index (κ3) is 3.47. The van der Waals surface area contributed by atoms with Crippen LogP contribution in [0.3, 0.4) is 0 Å². The first-order valence-corrected chi connectivity index (χ1v) is 8.37. The molecule has 0 amide bonds. The number of hydrogen-bond donors (Lipinski definition) is 1. The molecule has 0 aliphatic rings. The first-order valence-electron chi connectivity index (χ1n) is 7.99. The zero-order chi connectivity index (χ0) is 18.8. The van der Waals surface area contributed by atoms with Gasteiger partial charge in [-0.2, -0.15) is 5.21 Å². The van der Waals surface area contributed by atoms with Gasteiger partial charge in [-0.25, -0.2) is 4.79 Å². The highest BCUT2D eigenvalue weighted by Crippen LogP contribution is 2.28. The summed E-state index contributed by atoms with van der Waals surface area (Å²) in [5.74, 6) is 0.0357. The Kier molecular flexibility index (Phi) is 4.47. The maximum atomic E-state index is 11.7. The van der Waals surface area contributed by atoms with Crippen molar-refractivity contribution in [2.45, 2.75) is 6.42 Å². The molecular formula is C18H13ClN6O2. The number of pyridine rings is 2. The van der Waals surface area contributed by atoms with Crippen LogP contribution >= 0.6 is 11.6 Å². The van der Waals surface area contributed by atoms with E-state index in [0.29, 0.717) is 22.8 Å². The van der Waals surface area contributed by atoms with Gasteiger partial charge in [0, 0.05) is 35.5 Å². The maximum Gasteiger partial charge on any atom is 0.337 e. The predicted octanol–water partition coefficient (Wildman–Crippen LogP) is 2.84. The highest BCUT2D eigenvalue weighted by Gasteiger charge is 2.13. The average Bonchev–Trinajstić information content (AvgIpc) is 3.21. The van der Waals surface area contributed by atoms with Crippen molar-refractivity contribution in [2.75, 3.05) is 7.11 Å². The summed E-state index contributed by atoms with van der Waals surface area (Å²) in [5, 5.41) is 15.6. The molecule has 0 aliphatic heterocycles. The molecule has 8 nitrogen and oxygen atoms in total. The molecule has 1 aromatic carbocycles. The second-order valence-corrected chi connectivity index (χ2v) is 6.24. The second kappa shape index (κ2) is 7.08. The number of nitrogens with one attached hydrogen (secondary N) is 1. The number of benzene rings is 1. The first-order chi connectivity index (χ1) is 13.1. The van der Waals surface area contributed by atoms with Crippen molar-refractivity contribution < 1.29 is 9.53 Å². The summed E-state index contributed by atoms with van der Waals surface area (Å²) in [4.78, 5) is 20.5. The van der Waals surface area contributed by atoms with E-state index in [1.807, 2.05) is 18.2 Å². The molecule has 0 radical (unpaired) electrons. The Labute approximate surface area is 158 Å². The molecule has 0 atom stereocenters. The Balaban J connectivity index is 1.79. The summed E-state index contributed by atoms with van der Waals surface area (Å²) in [6.45, 7) is 0. The third-order valence-electron chi connectivity index (χ3n) is 4.02. The number of carbonyl (C=O) groups is 1. The summed E-state index contributed by atoms with van der Waals surface area (Å²) in [6, 6.07) is 9.06. The molecule has 0 unspecified atom stereocenters. The van der Waals surface area contributed by atoms with Gasteiger partial charge in [0.15, 0.2) is 0 Å². The number of rotatable bonds is 4.